The van der Waals surface area contributed by atoms with Crippen molar-refractivity contribution in [3.63, 3.8) is 0 Å². The van der Waals surface area contributed by atoms with E-state index in [1.807, 2.05) is 30.3 Å². The summed E-state index contributed by atoms with van der Waals surface area (Å²) >= 11 is 12.4. The Kier molecular flexibility index (Phi) is 3.72. The van der Waals surface area contributed by atoms with Crippen LogP contribution in [0, 0.1) is 5.92 Å². The van der Waals surface area contributed by atoms with Gasteiger partial charge in [-0.2, -0.15) is 0 Å². The van der Waals surface area contributed by atoms with Gasteiger partial charge >= 0.3 is 0 Å². The number of hydrogen-bond donors (Lipinski definition) is 0. The van der Waals surface area contributed by atoms with E-state index in [-0.39, 0.29) is 0 Å². The van der Waals surface area contributed by atoms with Gasteiger partial charge in [-0.15, -0.1) is 0 Å². The van der Waals surface area contributed by atoms with Crippen LogP contribution >= 0.6 is 23.2 Å². The molecule has 0 spiro atoms. The number of hydrogen-bond acceptors (Lipinski definition) is 1. The Labute approximate surface area is 144 Å². The van der Waals surface area contributed by atoms with Crippen molar-refractivity contribution >= 4 is 34.2 Å². The molecule has 0 radical (unpaired) electrons. The summed E-state index contributed by atoms with van der Waals surface area (Å²) in [7, 11) is 0. The zero-order valence-corrected chi connectivity index (χ0v) is 13.8. The SMILES string of the molecule is Clc1cc(Cl)cc(-c2nc3ccccc3n2CC2C=CC=C2)c1. The van der Waals surface area contributed by atoms with Gasteiger partial charge in [0.25, 0.3) is 0 Å². The van der Waals surface area contributed by atoms with E-state index in [2.05, 4.69) is 34.9 Å². The van der Waals surface area contributed by atoms with E-state index in [0.717, 1.165) is 29.0 Å². The highest BCUT2D eigenvalue weighted by Gasteiger charge is 2.16. The minimum absolute atomic E-state index is 0.376. The number of fused-ring (bicyclic) bond motifs is 1. The van der Waals surface area contributed by atoms with Gasteiger partial charge < -0.3 is 4.57 Å². The van der Waals surface area contributed by atoms with Gasteiger partial charge in [-0.3, -0.25) is 0 Å². The Morgan fingerprint density at radius 1 is 0.957 bits per heavy atom. The van der Waals surface area contributed by atoms with Crippen LogP contribution < -0.4 is 0 Å². The average Bonchev–Trinajstić information content (AvgIpc) is 3.15. The third kappa shape index (κ3) is 2.80. The van der Waals surface area contributed by atoms with Crippen LogP contribution in [-0.4, -0.2) is 9.55 Å². The molecule has 0 saturated heterocycles. The second kappa shape index (κ2) is 5.88. The minimum Gasteiger partial charge on any atom is -0.323 e. The molecule has 114 valence electrons. The molecule has 1 heterocycles. The lowest BCUT2D eigenvalue weighted by molar-refractivity contribution is 0.640. The van der Waals surface area contributed by atoms with Crippen molar-refractivity contribution in [3.05, 3.63) is 76.8 Å². The smallest absolute Gasteiger partial charge is 0.141 e. The molecular weight excluding hydrogens is 327 g/mol. The Hall–Kier alpha value is -2.03. The molecule has 0 aliphatic heterocycles. The summed E-state index contributed by atoms with van der Waals surface area (Å²) in [6.07, 6.45) is 8.56. The van der Waals surface area contributed by atoms with Crippen LogP contribution in [0.2, 0.25) is 10.0 Å². The van der Waals surface area contributed by atoms with Gasteiger partial charge in [0.2, 0.25) is 0 Å². The fourth-order valence-electron chi connectivity index (χ4n) is 2.97. The monoisotopic (exact) mass is 340 g/mol. The maximum Gasteiger partial charge on any atom is 0.141 e. The van der Waals surface area contributed by atoms with Crippen molar-refractivity contribution in [2.45, 2.75) is 6.54 Å². The number of halogens is 2. The Morgan fingerprint density at radius 3 is 2.39 bits per heavy atom. The summed E-state index contributed by atoms with van der Waals surface area (Å²) in [5.74, 6) is 1.27. The van der Waals surface area contributed by atoms with Crippen LogP contribution in [0.3, 0.4) is 0 Å². The van der Waals surface area contributed by atoms with Crippen LogP contribution in [0.4, 0.5) is 0 Å². The first-order valence-electron chi connectivity index (χ1n) is 7.47. The topological polar surface area (TPSA) is 17.8 Å². The molecule has 0 fully saturated rings. The average molecular weight is 341 g/mol. The molecule has 0 atom stereocenters. The first-order chi connectivity index (χ1) is 11.2. The molecule has 3 aromatic rings. The van der Waals surface area contributed by atoms with Gasteiger partial charge in [-0.1, -0.05) is 59.6 Å². The van der Waals surface area contributed by atoms with E-state index in [9.17, 15) is 0 Å². The van der Waals surface area contributed by atoms with Crippen LogP contribution in [-0.2, 0) is 6.54 Å². The molecule has 4 rings (SSSR count). The number of rotatable bonds is 3. The quantitative estimate of drug-likeness (QED) is 0.593. The highest BCUT2D eigenvalue weighted by molar-refractivity contribution is 6.35. The van der Waals surface area contributed by atoms with Gasteiger partial charge in [0, 0.05) is 28.1 Å². The summed E-state index contributed by atoms with van der Waals surface area (Å²) in [6.45, 7) is 0.840. The van der Waals surface area contributed by atoms with Crippen LogP contribution in [0.25, 0.3) is 22.4 Å². The van der Waals surface area contributed by atoms with Gasteiger partial charge in [-0.25, -0.2) is 4.98 Å². The molecule has 2 nitrogen and oxygen atoms in total. The molecule has 0 amide bonds. The minimum atomic E-state index is 0.376. The zero-order chi connectivity index (χ0) is 15.8. The van der Waals surface area contributed by atoms with Crippen LogP contribution in [0.1, 0.15) is 0 Å². The molecule has 4 heteroatoms. The third-order valence-corrected chi connectivity index (χ3v) is 4.43. The summed E-state index contributed by atoms with van der Waals surface area (Å²) in [5, 5.41) is 1.23. The van der Waals surface area contributed by atoms with Gasteiger partial charge in [-0.05, 0) is 30.3 Å². The maximum absolute atomic E-state index is 6.18. The predicted octanol–water partition coefficient (Wildman–Crippen LogP) is 5.75. The molecular formula is C19H14Cl2N2. The van der Waals surface area contributed by atoms with Gasteiger partial charge in [0.15, 0.2) is 0 Å². The van der Waals surface area contributed by atoms with Crippen LogP contribution in [0.15, 0.2) is 66.8 Å². The number of imidazole rings is 1. The van der Waals surface area contributed by atoms with Crippen LogP contribution in [0.5, 0.6) is 0 Å². The van der Waals surface area contributed by atoms with E-state index in [1.165, 1.54) is 0 Å². The zero-order valence-electron chi connectivity index (χ0n) is 12.3. The number of benzene rings is 2. The van der Waals surface area contributed by atoms with E-state index < -0.39 is 0 Å². The van der Waals surface area contributed by atoms with Crippen molar-refractivity contribution in [2.24, 2.45) is 5.92 Å². The molecule has 0 bridgehead atoms. The lowest BCUT2D eigenvalue weighted by Gasteiger charge is -2.12. The van der Waals surface area contributed by atoms with Gasteiger partial charge in [0.1, 0.15) is 5.82 Å². The lowest BCUT2D eigenvalue weighted by atomic mass is 10.1. The van der Waals surface area contributed by atoms with Gasteiger partial charge in [0.05, 0.1) is 11.0 Å². The molecule has 2 aromatic carbocycles. The summed E-state index contributed by atoms with van der Waals surface area (Å²) < 4.78 is 2.24. The van der Waals surface area contributed by atoms with E-state index in [1.54, 1.807) is 6.07 Å². The molecule has 1 aliphatic rings. The number of nitrogens with zero attached hydrogens (tertiary/aromatic N) is 2. The van der Waals surface area contributed by atoms with Crippen molar-refractivity contribution in [2.75, 3.05) is 0 Å². The summed E-state index contributed by atoms with van der Waals surface area (Å²) in [6, 6.07) is 13.7. The van der Waals surface area contributed by atoms with E-state index in [0.29, 0.717) is 16.0 Å². The summed E-state index contributed by atoms with van der Waals surface area (Å²) in [4.78, 5) is 4.80. The fraction of sp³-hybridized carbons (Fsp3) is 0.105. The number of para-hydroxylation sites is 2. The van der Waals surface area contributed by atoms with E-state index >= 15 is 0 Å². The largest absolute Gasteiger partial charge is 0.323 e. The fourth-order valence-corrected chi connectivity index (χ4v) is 3.50. The highest BCUT2D eigenvalue weighted by Crippen LogP contribution is 2.30. The first-order valence-corrected chi connectivity index (χ1v) is 8.23. The molecule has 0 saturated carbocycles. The number of allylic oxidation sites excluding steroid dienone is 4. The molecule has 23 heavy (non-hydrogen) atoms. The Morgan fingerprint density at radius 2 is 1.65 bits per heavy atom. The summed E-state index contributed by atoms with van der Waals surface area (Å²) in [5.41, 5.74) is 3.03. The van der Waals surface area contributed by atoms with Crippen molar-refractivity contribution in [3.8, 4) is 11.4 Å². The molecule has 0 N–H and O–H groups in total. The normalized spacial score (nSPS) is 14.2. The predicted molar refractivity (Wildman–Crippen MR) is 97.0 cm³/mol. The maximum atomic E-state index is 6.18. The van der Waals surface area contributed by atoms with Crippen molar-refractivity contribution in [1.82, 2.24) is 9.55 Å². The highest BCUT2D eigenvalue weighted by atomic mass is 35.5. The Balaban J connectivity index is 1.90. The second-order valence-electron chi connectivity index (χ2n) is 5.63. The van der Waals surface area contributed by atoms with Crippen molar-refractivity contribution in [1.29, 1.82) is 0 Å². The standard InChI is InChI=1S/C19H14Cl2N2/c20-15-9-14(10-16(21)11-15)19-22-17-7-3-4-8-18(17)23(19)12-13-5-1-2-6-13/h1-11,13H,12H2. The third-order valence-electron chi connectivity index (χ3n) is 4.00. The molecule has 1 aromatic heterocycles. The van der Waals surface area contributed by atoms with E-state index in [4.69, 9.17) is 28.2 Å². The number of aromatic nitrogens is 2. The lowest BCUT2D eigenvalue weighted by Crippen LogP contribution is -2.07. The first kappa shape index (κ1) is 14.6. The molecule has 1 aliphatic carbocycles. The molecule has 0 unspecified atom stereocenters. The Bertz CT molecular complexity index is 905. The second-order valence-corrected chi connectivity index (χ2v) is 6.50. The van der Waals surface area contributed by atoms with Crippen molar-refractivity contribution < 1.29 is 0 Å².